The first-order chi connectivity index (χ1) is 9.15. The molecule has 0 atom stereocenters. The van der Waals surface area contributed by atoms with Gasteiger partial charge in [0.2, 0.25) is 0 Å². The smallest absolute Gasteiger partial charge is 0.305 e. The molecule has 2 rings (SSSR count). The maximum atomic E-state index is 11.5. The molecule has 5 nitrogen and oxygen atoms in total. The van der Waals surface area contributed by atoms with Gasteiger partial charge < -0.3 is 4.42 Å². The van der Waals surface area contributed by atoms with Crippen LogP contribution < -0.4 is 10.9 Å². The van der Waals surface area contributed by atoms with Crippen molar-refractivity contribution in [3.05, 3.63) is 52.1 Å². The van der Waals surface area contributed by atoms with E-state index in [1.807, 2.05) is 19.1 Å². The van der Waals surface area contributed by atoms with Crippen molar-refractivity contribution in [2.75, 3.05) is 0 Å². The van der Waals surface area contributed by atoms with Crippen LogP contribution >= 0.6 is 11.3 Å². The minimum atomic E-state index is -0.501. The van der Waals surface area contributed by atoms with E-state index in [9.17, 15) is 9.59 Å². The summed E-state index contributed by atoms with van der Waals surface area (Å²) in [6.07, 6.45) is 4.43. The number of thiophene rings is 1. The molecule has 0 bridgehead atoms. The molecule has 2 N–H and O–H groups in total. The monoisotopic (exact) mass is 276 g/mol. The fourth-order valence-corrected chi connectivity index (χ4v) is 2.11. The van der Waals surface area contributed by atoms with E-state index in [1.165, 1.54) is 23.3 Å². The standard InChI is InChI=1S/C13H12N2O3S/c1-9-4-5-10(19-9)6-7-12(16)14-15-13(17)11-3-2-8-18-11/h2-8H,1H3,(H,14,16)(H,15,17)/b7-6+. The Bertz CT molecular complexity index is 599. The highest BCUT2D eigenvalue weighted by Crippen LogP contribution is 2.16. The Balaban J connectivity index is 1.82. The third-order valence-electron chi connectivity index (χ3n) is 2.20. The number of hydrogen-bond donors (Lipinski definition) is 2. The average molecular weight is 276 g/mol. The molecular formula is C13H12N2O3S. The van der Waals surface area contributed by atoms with Crippen LogP contribution in [0.3, 0.4) is 0 Å². The number of rotatable bonds is 3. The molecule has 19 heavy (non-hydrogen) atoms. The molecule has 0 saturated carbocycles. The predicted octanol–water partition coefficient (Wildman–Crippen LogP) is 2.12. The Kier molecular flexibility index (Phi) is 4.15. The van der Waals surface area contributed by atoms with Crippen LogP contribution in [0.1, 0.15) is 20.3 Å². The fraction of sp³-hybridized carbons (Fsp3) is 0.0769. The van der Waals surface area contributed by atoms with Gasteiger partial charge in [0.1, 0.15) is 0 Å². The Morgan fingerprint density at radius 2 is 2.11 bits per heavy atom. The number of carbonyl (C=O) groups is 2. The molecule has 2 aromatic rings. The molecule has 0 unspecified atom stereocenters. The van der Waals surface area contributed by atoms with Crippen molar-refractivity contribution >= 4 is 29.2 Å². The molecular weight excluding hydrogens is 264 g/mol. The highest BCUT2D eigenvalue weighted by Gasteiger charge is 2.07. The zero-order valence-corrected chi connectivity index (χ0v) is 11.0. The summed E-state index contributed by atoms with van der Waals surface area (Å²) >= 11 is 1.58. The number of carbonyl (C=O) groups excluding carboxylic acids is 2. The quantitative estimate of drug-likeness (QED) is 0.666. The van der Waals surface area contributed by atoms with Crippen LogP contribution in [0.5, 0.6) is 0 Å². The van der Waals surface area contributed by atoms with Crippen LogP contribution in [-0.4, -0.2) is 11.8 Å². The molecule has 0 saturated heterocycles. The van der Waals surface area contributed by atoms with Gasteiger partial charge in [0.25, 0.3) is 5.91 Å². The van der Waals surface area contributed by atoms with Crippen LogP contribution in [0.2, 0.25) is 0 Å². The maximum absolute atomic E-state index is 11.5. The summed E-state index contributed by atoms with van der Waals surface area (Å²) in [5.74, 6) is -0.775. The largest absolute Gasteiger partial charge is 0.459 e. The molecule has 2 aromatic heterocycles. The minimum Gasteiger partial charge on any atom is -0.459 e. The molecule has 0 radical (unpaired) electrons. The number of nitrogens with one attached hydrogen (secondary N) is 2. The topological polar surface area (TPSA) is 71.3 Å². The lowest BCUT2D eigenvalue weighted by Crippen LogP contribution is -2.40. The van der Waals surface area contributed by atoms with Gasteiger partial charge >= 0.3 is 5.91 Å². The van der Waals surface area contributed by atoms with E-state index < -0.39 is 11.8 Å². The fourth-order valence-electron chi connectivity index (χ4n) is 1.33. The summed E-state index contributed by atoms with van der Waals surface area (Å²) in [7, 11) is 0. The van der Waals surface area contributed by atoms with Crippen molar-refractivity contribution in [2.24, 2.45) is 0 Å². The molecule has 0 fully saturated rings. The second-order valence-electron chi connectivity index (χ2n) is 3.70. The third-order valence-corrected chi connectivity index (χ3v) is 3.17. The van der Waals surface area contributed by atoms with E-state index in [0.29, 0.717) is 0 Å². The summed E-state index contributed by atoms with van der Waals surface area (Å²) in [6.45, 7) is 1.99. The lowest BCUT2D eigenvalue weighted by atomic mass is 10.4. The lowest BCUT2D eigenvalue weighted by molar-refractivity contribution is -0.117. The molecule has 0 aromatic carbocycles. The van der Waals surface area contributed by atoms with Crippen molar-refractivity contribution in [1.29, 1.82) is 0 Å². The second kappa shape index (κ2) is 6.01. The summed E-state index contributed by atoms with van der Waals surface area (Å²) in [6, 6.07) is 6.99. The van der Waals surface area contributed by atoms with E-state index in [0.717, 1.165) is 4.88 Å². The molecule has 0 aliphatic carbocycles. The van der Waals surface area contributed by atoms with E-state index in [1.54, 1.807) is 23.5 Å². The third kappa shape index (κ3) is 3.82. The number of hydrogen-bond acceptors (Lipinski definition) is 4. The number of amides is 2. The van der Waals surface area contributed by atoms with Crippen molar-refractivity contribution in [2.45, 2.75) is 6.92 Å². The maximum Gasteiger partial charge on any atom is 0.305 e. The van der Waals surface area contributed by atoms with E-state index in [2.05, 4.69) is 10.9 Å². The molecule has 0 aliphatic heterocycles. The van der Waals surface area contributed by atoms with Crippen LogP contribution in [0.25, 0.3) is 6.08 Å². The van der Waals surface area contributed by atoms with Crippen molar-refractivity contribution in [3.63, 3.8) is 0 Å². The first-order valence-corrected chi connectivity index (χ1v) is 6.35. The average Bonchev–Trinajstić information content (AvgIpc) is 3.04. The van der Waals surface area contributed by atoms with E-state index >= 15 is 0 Å². The van der Waals surface area contributed by atoms with Gasteiger partial charge in [-0.25, -0.2) is 0 Å². The zero-order chi connectivity index (χ0) is 13.7. The van der Waals surface area contributed by atoms with Gasteiger partial charge in [-0.05, 0) is 37.3 Å². The molecule has 98 valence electrons. The normalized spacial score (nSPS) is 10.6. The zero-order valence-electron chi connectivity index (χ0n) is 10.2. The molecule has 2 amide bonds. The SMILES string of the molecule is Cc1ccc(/C=C/C(=O)NNC(=O)c2ccco2)s1. The van der Waals surface area contributed by atoms with Crippen molar-refractivity contribution in [1.82, 2.24) is 10.9 Å². The van der Waals surface area contributed by atoms with Crippen molar-refractivity contribution in [3.8, 4) is 0 Å². The Morgan fingerprint density at radius 3 is 2.74 bits per heavy atom. The highest BCUT2D eigenvalue weighted by atomic mass is 32.1. The summed E-state index contributed by atoms with van der Waals surface area (Å²) in [4.78, 5) is 25.1. The molecule has 6 heteroatoms. The van der Waals surface area contributed by atoms with Crippen molar-refractivity contribution < 1.29 is 14.0 Å². The van der Waals surface area contributed by atoms with Gasteiger partial charge in [0, 0.05) is 15.8 Å². The number of furan rings is 1. The van der Waals surface area contributed by atoms with Gasteiger partial charge in [-0.3, -0.25) is 20.4 Å². The Hall–Kier alpha value is -2.34. The second-order valence-corrected chi connectivity index (χ2v) is 5.02. The van der Waals surface area contributed by atoms with E-state index in [4.69, 9.17) is 4.42 Å². The van der Waals surface area contributed by atoms with Gasteiger partial charge in [-0.1, -0.05) is 0 Å². The molecule has 0 aliphatic rings. The highest BCUT2D eigenvalue weighted by molar-refractivity contribution is 7.12. The first kappa shape index (κ1) is 13.1. The van der Waals surface area contributed by atoms with Crippen LogP contribution in [-0.2, 0) is 4.79 Å². The number of aryl methyl sites for hydroxylation is 1. The number of hydrazine groups is 1. The van der Waals surface area contributed by atoms with Crippen LogP contribution in [0.4, 0.5) is 0 Å². The van der Waals surface area contributed by atoms with Gasteiger partial charge in [-0.15, -0.1) is 11.3 Å². The van der Waals surface area contributed by atoms with Gasteiger partial charge in [-0.2, -0.15) is 0 Å². The Labute approximate surface area is 113 Å². The van der Waals surface area contributed by atoms with Crippen LogP contribution in [0, 0.1) is 6.92 Å². The van der Waals surface area contributed by atoms with Gasteiger partial charge in [0.05, 0.1) is 6.26 Å². The van der Waals surface area contributed by atoms with Gasteiger partial charge in [0.15, 0.2) is 5.76 Å². The summed E-state index contributed by atoms with van der Waals surface area (Å²) in [5, 5.41) is 0. The first-order valence-electron chi connectivity index (χ1n) is 5.53. The summed E-state index contributed by atoms with van der Waals surface area (Å²) in [5.41, 5.74) is 4.51. The minimum absolute atomic E-state index is 0.137. The molecule has 0 spiro atoms. The van der Waals surface area contributed by atoms with E-state index in [-0.39, 0.29) is 5.76 Å². The summed E-state index contributed by atoms with van der Waals surface area (Å²) < 4.78 is 4.88. The predicted molar refractivity (Wildman–Crippen MR) is 72.4 cm³/mol. The Morgan fingerprint density at radius 1 is 1.26 bits per heavy atom. The van der Waals surface area contributed by atoms with Crippen LogP contribution in [0.15, 0.2) is 41.0 Å². The molecule has 2 heterocycles. The lowest BCUT2D eigenvalue weighted by Gasteiger charge is -2.02.